The van der Waals surface area contributed by atoms with Crippen LogP contribution < -0.4 is 0 Å². The first-order valence-corrected chi connectivity index (χ1v) is 4.14. The van der Waals surface area contributed by atoms with Gasteiger partial charge in [-0.15, -0.1) is 11.3 Å². The van der Waals surface area contributed by atoms with Gasteiger partial charge in [0.05, 0.1) is 0 Å². The molecular formula is C8H14S. The van der Waals surface area contributed by atoms with Crippen LogP contribution >= 0.6 is 11.3 Å². The minimum Gasteiger partial charge on any atom is -0.146 e. The van der Waals surface area contributed by atoms with Crippen molar-refractivity contribution < 1.29 is 0 Å². The number of hydrogen-bond acceptors (Lipinski definition) is 1. The lowest BCUT2D eigenvalue weighted by molar-refractivity contribution is 1.50. The lowest BCUT2D eigenvalue weighted by Crippen LogP contribution is -1.44. The standard InChI is InChI=1S/C6H8S.C2H6/c1-5-3-4-6(2)7-5;1-2/h3-4H,1-2H3;1-2H3. The molecule has 0 aliphatic rings. The van der Waals surface area contributed by atoms with Gasteiger partial charge in [-0.3, -0.25) is 0 Å². The van der Waals surface area contributed by atoms with Gasteiger partial charge in [0.1, 0.15) is 0 Å². The topological polar surface area (TPSA) is 0 Å². The molecule has 0 amide bonds. The van der Waals surface area contributed by atoms with Crippen molar-refractivity contribution in [3.8, 4) is 0 Å². The molecule has 0 unspecified atom stereocenters. The van der Waals surface area contributed by atoms with Crippen molar-refractivity contribution in [3.63, 3.8) is 0 Å². The summed E-state index contributed by atoms with van der Waals surface area (Å²) in [5, 5.41) is 0. The lowest BCUT2D eigenvalue weighted by Gasteiger charge is -1.71. The summed E-state index contributed by atoms with van der Waals surface area (Å²) >= 11 is 1.84. The monoisotopic (exact) mass is 142 g/mol. The van der Waals surface area contributed by atoms with Gasteiger partial charge in [-0.1, -0.05) is 13.8 Å². The minimum absolute atomic E-state index is 1.40. The summed E-state index contributed by atoms with van der Waals surface area (Å²) < 4.78 is 0. The molecule has 0 N–H and O–H groups in total. The molecule has 0 nitrogen and oxygen atoms in total. The van der Waals surface area contributed by atoms with Crippen LogP contribution in [-0.2, 0) is 0 Å². The lowest BCUT2D eigenvalue weighted by atomic mass is 10.5. The van der Waals surface area contributed by atoms with E-state index in [-0.39, 0.29) is 0 Å². The molecule has 0 aliphatic heterocycles. The van der Waals surface area contributed by atoms with Crippen LogP contribution in [0.25, 0.3) is 0 Å². The van der Waals surface area contributed by atoms with Crippen LogP contribution in [0.5, 0.6) is 0 Å². The molecule has 9 heavy (non-hydrogen) atoms. The molecule has 0 atom stereocenters. The third kappa shape index (κ3) is 3.31. The van der Waals surface area contributed by atoms with E-state index in [0.717, 1.165) is 0 Å². The maximum absolute atomic E-state index is 2.14. The summed E-state index contributed by atoms with van der Waals surface area (Å²) in [4.78, 5) is 2.80. The van der Waals surface area contributed by atoms with E-state index in [1.165, 1.54) is 9.75 Å². The zero-order chi connectivity index (χ0) is 7.28. The molecule has 0 spiro atoms. The smallest absolute Gasteiger partial charge is 0.00170 e. The highest BCUT2D eigenvalue weighted by Gasteiger charge is 1.84. The maximum Gasteiger partial charge on any atom is 0.00170 e. The van der Waals surface area contributed by atoms with Gasteiger partial charge in [0.2, 0.25) is 0 Å². The summed E-state index contributed by atoms with van der Waals surface area (Å²) in [6, 6.07) is 4.28. The van der Waals surface area contributed by atoms with Crippen LogP contribution in [0.1, 0.15) is 23.6 Å². The maximum atomic E-state index is 2.14. The molecular weight excluding hydrogens is 128 g/mol. The fourth-order valence-corrected chi connectivity index (χ4v) is 1.34. The Morgan fingerprint density at radius 3 is 1.44 bits per heavy atom. The zero-order valence-corrected chi connectivity index (χ0v) is 7.38. The van der Waals surface area contributed by atoms with E-state index in [9.17, 15) is 0 Å². The fraction of sp³-hybridized carbons (Fsp3) is 0.500. The minimum atomic E-state index is 1.40. The van der Waals surface area contributed by atoms with Crippen molar-refractivity contribution in [1.82, 2.24) is 0 Å². The molecule has 1 heterocycles. The van der Waals surface area contributed by atoms with Crippen LogP contribution in [0.3, 0.4) is 0 Å². The van der Waals surface area contributed by atoms with Crippen LogP contribution in [0.2, 0.25) is 0 Å². The Balaban J connectivity index is 0.000000291. The number of rotatable bonds is 0. The predicted molar refractivity (Wildman–Crippen MR) is 45.1 cm³/mol. The van der Waals surface area contributed by atoms with Gasteiger partial charge in [-0.05, 0) is 26.0 Å². The largest absolute Gasteiger partial charge is 0.146 e. The molecule has 0 saturated heterocycles. The summed E-state index contributed by atoms with van der Waals surface area (Å²) in [6.07, 6.45) is 0. The highest BCUT2D eigenvalue weighted by molar-refractivity contribution is 7.11. The van der Waals surface area contributed by atoms with Gasteiger partial charge in [-0.2, -0.15) is 0 Å². The van der Waals surface area contributed by atoms with Crippen LogP contribution in [0, 0.1) is 13.8 Å². The molecule has 0 aliphatic carbocycles. The zero-order valence-electron chi connectivity index (χ0n) is 6.56. The van der Waals surface area contributed by atoms with Gasteiger partial charge in [-0.25, -0.2) is 0 Å². The van der Waals surface area contributed by atoms with Crippen LogP contribution in [0.4, 0.5) is 0 Å². The molecule has 0 radical (unpaired) electrons. The predicted octanol–water partition coefficient (Wildman–Crippen LogP) is 3.39. The van der Waals surface area contributed by atoms with Crippen LogP contribution in [0.15, 0.2) is 12.1 Å². The first-order valence-electron chi connectivity index (χ1n) is 3.32. The molecule has 0 aromatic carbocycles. The highest BCUT2D eigenvalue weighted by Crippen LogP contribution is 2.11. The molecule has 1 rings (SSSR count). The number of hydrogen-bond donors (Lipinski definition) is 0. The van der Waals surface area contributed by atoms with E-state index >= 15 is 0 Å². The van der Waals surface area contributed by atoms with Crippen molar-refractivity contribution in [2.75, 3.05) is 0 Å². The van der Waals surface area contributed by atoms with Crippen LogP contribution in [-0.4, -0.2) is 0 Å². The molecule has 1 aromatic rings. The van der Waals surface area contributed by atoms with E-state index < -0.39 is 0 Å². The summed E-state index contributed by atoms with van der Waals surface area (Å²) in [7, 11) is 0. The summed E-state index contributed by atoms with van der Waals surface area (Å²) in [5.41, 5.74) is 0. The first kappa shape index (κ1) is 8.70. The van der Waals surface area contributed by atoms with E-state index in [4.69, 9.17) is 0 Å². The van der Waals surface area contributed by atoms with Crippen molar-refractivity contribution >= 4 is 11.3 Å². The van der Waals surface area contributed by atoms with Gasteiger partial charge in [0.25, 0.3) is 0 Å². The first-order chi connectivity index (χ1) is 4.29. The number of thiophene rings is 1. The van der Waals surface area contributed by atoms with E-state index in [1.54, 1.807) is 0 Å². The third-order valence-corrected chi connectivity index (χ3v) is 1.79. The Morgan fingerprint density at radius 1 is 1.00 bits per heavy atom. The van der Waals surface area contributed by atoms with Crippen molar-refractivity contribution in [1.29, 1.82) is 0 Å². The molecule has 1 aromatic heterocycles. The fourth-order valence-electron chi connectivity index (χ4n) is 0.557. The molecule has 0 fully saturated rings. The number of aryl methyl sites for hydroxylation is 2. The Morgan fingerprint density at radius 2 is 1.33 bits per heavy atom. The summed E-state index contributed by atoms with van der Waals surface area (Å²) in [6.45, 7) is 8.25. The highest BCUT2D eigenvalue weighted by atomic mass is 32.1. The van der Waals surface area contributed by atoms with E-state index in [0.29, 0.717) is 0 Å². The average Bonchev–Trinajstić information content (AvgIpc) is 2.20. The SMILES string of the molecule is CC.Cc1ccc(C)s1. The molecule has 52 valence electrons. The Bertz CT molecular complexity index is 137. The quantitative estimate of drug-likeness (QED) is 0.521. The van der Waals surface area contributed by atoms with Crippen molar-refractivity contribution in [2.24, 2.45) is 0 Å². The molecule has 0 bridgehead atoms. The van der Waals surface area contributed by atoms with E-state index in [2.05, 4.69) is 26.0 Å². The second kappa shape index (κ2) is 4.57. The van der Waals surface area contributed by atoms with Gasteiger partial charge in [0.15, 0.2) is 0 Å². The average molecular weight is 142 g/mol. The second-order valence-electron chi connectivity index (χ2n) is 1.66. The Kier molecular flexibility index (Phi) is 4.41. The summed E-state index contributed by atoms with van der Waals surface area (Å²) in [5.74, 6) is 0. The second-order valence-corrected chi connectivity index (χ2v) is 3.15. The third-order valence-electron chi connectivity index (χ3n) is 0.875. The Labute approximate surface area is 61.5 Å². The van der Waals surface area contributed by atoms with Crippen molar-refractivity contribution in [2.45, 2.75) is 27.7 Å². The van der Waals surface area contributed by atoms with Gasteiger partial charge >= 0.3 is 0 Å². The normalized spacial score (nSPS) is 8.00. The van der Waals surface area contributed by atoms with Gasteiger partial charge < -0.3 is 0 Å². The molecule has 0 saturated carbocycles. The van der Waals surface area contributed by atoms with Gasteiger partial charge in [0, 0.05) is 9.75 Å². The van der Waals surface area contributed by atoms with Crippen molar-refractivity contribution in [3.05, 3.63) is 21.9 Å². The molecule has 1 heteroatoms. The Hall–Kier alpha value is -0.300. The van der Waals surface area contributed by atoms with E-state index in [1.807, 2.05) is 25.2 Å².